The maximum absolute atomic E-state index is 4.99. The Labute approximate surface area is 254 Å². The summed E-state index contributed by atoms with van der Waals surface area (Å²) in [7, 11) is 0. The Kier molecular flexibility index (Phi) is 5.66. The van der Waals surface area contributed by atoms with Gasteiger partial charge in [-0.05, 0) is 98.0 Å². The molecule has 0 amide bonds. The highest BCUT2D eigenvalue weighted by Crippen LogP contribution is 2.40. The lowest BCUT2D eigenvalue weighted by molar-refractivity contribution is 0.664. The summed E-state index contributed by atoms with van der Waals surface area (Å²) in [6, 6.07) is 33.8. The smallest absolute Gasteiger partial charge is 0.137 e. The van der Waals surface area contributed by atoms with Crippen molar-refractivity contribution < 1.29 is 0 Å². The minimum atomic E-state index is 0.898. The molecule has 0 fully saturated rings. The van der Waals surface area contributed by atoms with Gasteiger partial charge in [-0.3, -0.25) is 19.1 Å². The average Bonchev–Trinajstić information content (AvgIpc) is 3.60. The van der Waals surface area contributed by atoms with E-state index in [0.29, 0.717) is 0 Å². The van der Waals surface area contributed by atoms with E-state index in [4.69, 9.17) is 9.97 Å². The van der Waals surface area contributed by atoms with E-state index in [1.54, 1.807) is 0 Å². The Morgan fingerprint density at radius 3 is 1.75 bits per heavy atom. The Hall–Kier alpha value is -5.62. The van der Waals surface area contributed by atoms with Crippen LogP contribution in [0.3, 0.4) is 0 Å². The van der Waals surface area contributed by atoms with Crippen LogP contribution in [0.1, 0.15) is 24.1 Å². The van der Waals surface area contributed by atoms with Crippen LogP contribution in [0.2, 0.25) is 0 Å². The molecular formula is C38H28N6. The molecule has 0 spiro atoms. The lowest BCUT2D eigenvalue weighted by Crippen LogP contribution is -2.08. The minimum absolute atomic E-state index is 0.898. The van der Waals surface area contributed by atoms with E-state index in [1.807, 2.05) is 61.2 Å². The zero-order chi connectivity index (χ0) is 29.0. The first-order valence-corrected chi connectivity index (χ1v) is 15.2. The van der Waals surface area contributed by atoms with Gasteiger partial charge in [-0.1, -0.05) is 30.3 Å². The molecule has 6 aromatic heterocycles. The fourth-order valence-electron chi connectivity index (χ4n) is 6.92. The summed E-state index contributed by atoms with van der Waals surface area (Å²) in [4.78, 5) is 19.0. The van der Waals surface area contributed by atoms with Crippen molar-refractivity contribution >= 4 is 32.7 Å². The molecule has 6 heterocycles. The molecule has 1 aliphatic rings. The number of fused-ring (bicyclic) bond motifs is 6. The highest BCUT2D eigenvalue weighted by molar-refractivity contribution is 6.14. The Bertz CT molecular complexity index is 2300. The lowest BCUT2D eigenvalue weighted by Gasteiger charge is -2.15. The first kappa shape index (κ1) is 24.9. The number of para-hydroxylation sites is 1. The quantitative estimate of drug-likeness (QED) is 0.214. The van der Waals surface area contributed by atoms with Crippen molar-refractivity contribution in [3.05, 3.63) is 133 Å². The molecule has 6 heteroatoms. The lowest BCUT2D eigenvalue weighted by atomic mass is 9.95. The van der Waals surface area contributed by atoms with Crippen molar-refractivity contribution in [1.29, 1.82) is 0 Å². The standard InChI is InChI=1S/C38H28N6/c1-3-13-33-27(9-1)29-21-36-30(22-35(29)43(33)37-17-15-25(23-41-37)31-11-5-7-19-39-31)28-10-2-4-14-34(28)44(36)38-18-16-26(24-42-38)32-12-6-8-20-40-32/h1,3,5-9,11-13,15-24H,2,4,10,14H2. The van der Waals surface area contributed by atoms with Crippen LogP contribution in [0.15, 0.2) is 122 Å². The monoisotopic (exact) mass is 568 g/mol. The van der Waals surface area contributed by atoms with E-state index >= 15 is 0 Å². The van der Waals surface area contributed by atoms with Crippen LogP contribution in [0.4, 0.5) is 0 Å². The zero-order valence-electron chi connectivity index (χ0n) is 24.1. The second kappa shape index (κ2) is 9.99. The third-order valence-electron chi connectivity index (χ3n) is 8.94. The average molecular weight is 569 g/mol. The molecule has 0 aliphatic heterocycles. The van der Waals surface area contributed by atoms with Crippen molar-refractivity contribution in [3.8, 4) is 34.2 Å². The van der Waals surface area contributed by atoms with Crippen LogP contribution in [0.5, 0.6) is 0 Å². The second-order valence-electron chi connectivity index (χ2n) is 11.4. The van der Waals surface area contributed by atoms with Crippen LogP contribution in [-0.2, 0) is 12.8 Å². The van der Waals surface area contributed by atoms with Gasteiger partial charge in [0, 0.05) is 57.8 Å². The van der Waals surface area contributed by atoms with Gasteiger partial charge in [-0.25, -0.2) is 9.97 Å². The molecule has 1 aliphatic carbocycles. The number of hydrogen-bond acceptors (Lipinski definition) is 4. The predicted octanol–water partition coefficient (Wildman–Crippen LogP) is 8.52. The number of aryl methyl sites for hydroxylation is 1. The number of hydrogen-bond donors (Lipinski definition) is 0. The summed E-state index contributed by atoms with van der Waals surface area (Å²) >= 11 is 0. The number of rotatable bonds is 4. The third kappa shape index (κ3) is 3.88. The van der Waals surface area contributed by atoms with E-state index in [2.05, 4.69) is 79.8 Å². The molecule has 6 nitrogen and oxygen atoms in total. The molecule has 0 atom stereocenters. The first-order chi connectivity index (χ1) is 21.8. The van der Waals surface area contributed by atoms with Crippen molar-refractivity contribution in [1.82, 2.24) is 29.1 Å². The molecule has 0 bridgehead atoms. The molecule has 0 saturated heterocycles. The normalized spacial score (nSPS) is 13.1. The SMILES string of the molecule is c1ccc(-c2ccc(-n3c4c(c5cc6c(cc53)c3ccccc3n6-c3ccc(-c5ccccn5)cn3)CCCC4)nc2)nc1. The van der Waals surface area contributed by atoms with Gasteiger partial charge in [0.1, 0.15) is 11.6 Å². The van der Waals surface area contributed by atoms with Crippen LogP contribution < -0.4 is 0 Å². The molecule has 0 N–H and O–H groups in total. The summed E-state index contributed by atoms with van der Waals surface area (Å²) in [5.74, 6) is 1.85. The van der Waals surface area contributed by atoms with E-state index in [9.17, 15) is 0 Å². The summed E-state index contributed by atoms with van der Waals surface area (Å²) in [6.45, 7) is 0. The highest BCUT2D eigenvalue weighted by atomic mass is 15.1. The maximum atomic E-state index is 4.99. The summed E-state index contributed by atoms with van der Waals surface area (Å²) < 4.78 is 4.70. The fourth-order valence-corrected chi connectivity index (χ4v) is 6.92. The van der Waals surface area contributed by atoms with Crippen LogP contribution >= 0.6 is 0 Å². The van der Waals surface area contributed by atoms with Gasteiger partial charge in [-0.2, -0.15) is 0 Å². The van der Waals surface area contributed by atoms with Crippen LogP contribution in [0, 0.1) is 0 Å². The van der Waals surface area contributed by atoms with E-state index in [0.717, 1.165) is 52.5 Å². The van der Waals surface area contributed by atoms with E-state index in [1.165, 1.54) is 51.3 Å². The Morgan fingerprint density at radius 1 is 0.477 bits per heavy atom. The van der Waals surface area contributed by atoms with Gasteiger partial charge in [-0.15, -0.1) is 0 Å². The molecule has 0 radical (unpaired) electrons. The predicted molar refractivity (Wildman–Crippen MR) is 176 cm³/mol. The second-order valence-corrected chi connectivity index (χ2v) is 11.4. The largest absolute Gasteiger partial charge is 0.298 e. The van der Waals surface area contributed by atoms with Gasteiger partial charge >= 0.3 is 0 Å². The summed E-state index contributed by atoms with van der Waals surface area (Å²) in [5, 5.41) is 3.73. The van der Waals surface area contributed by atoms with Crippen molar-refractivity contribution in [3.63, 3.8) is 0 Å². The van der Waals surface area contributed by atoms with Crippen LogP contribution in [-0.4, -0.2) is 29.1 Å². The van der Waals surface area contributed by atoms with E-state index < -0.39 is 0 Å². The van der Waals surface area contributed by atoms with Crippen molar-refractivity contribution in [2.45, 2.75) is 25.7 Å². The molecule has 9 rings (SSSR count). The maximum Gasteiger partial charge on any atom is 0.137 e. The fraction of sp³-hybridized carbons (Fsp3) is 0.105. The van der Waals surface area contributed by atoms with Crippen molar-refractivity contribution in [2.75, 3.05) is 0 Å². The minimum Gasteiger partial charge on any atom is -0.298 e. The van der Waals surface area contributed by atoms with Gasteiger partial charge in [0.25, 0.3) is 0 Å². The number of benzene rings is 2. The zero-order valence-corrected chi connectivity index (χ0v) is 24.1. The van der Waals surface area contributed by atoms with E-state index in [-0.39, 0.29) is 0 Å². The Balaban J connectivity index is 1.26. The molecule has 2 aromatic carbocycles. The summed E-state index contributed by atoms with van der Waals surface area (Å²) in [5.41, 5.74) is 10.2. The molecule has 8 aromatic rings. The summed E-state index contributed by atoms with van der Waals surface area (Å²) in [6.07, 6.45) is 12.0. The Morgan fingerprint density at radius 2 is 1.09 bits per heavy atom. The van der Waals surface area contributed by atoms with Gasteiger partial charge in [0.2, 0.25) is 0 Å². The number of nitrogens with zero attached hydrogens (tertiary/aromatic N) is 6. The molecule has 210 valence electrons. The molecule has 44 heavy (non-hydrogen) atoms. The molecular weight excluding hydrogens is 540 g/mol. The van der Waals surface area contributed by atoms with Gasteiger partial charge < -0.3 is 0 Å². The number of pyridine rings is 4. The number of aromatic nitrogens is 6. The third-order valence-corrected chi connectivity index (χ3v) is 8.94. The molecule has 0 saturated carbocycles. The van der Waals surface area contributed by atoms with Gasteiger partial charge in [0.05, 0.1) is 27.9 Å². The first-order valence-electron chi connectivity index (χ1n) is 15.2. The topological polar surface area (TPSA) is 61.4 Å². The highest BCUT2D eigenvalue weighted by Gasteiger charge is 2.24. The van der Waals surface area contributed by atoms with Gasteiger partial charge in [0.15, 0.2) is 0 Å². The van der Waals surface area contributed by atoms with Crippen LogP contribution in [0.25, 0.3) is 66.9 Å². The van der Waals surface area contributed by atoms with Crippen molar-refractivity contribution in [2.24, 2.45) is 0 Å². The molecule has 0 unspecified atom stereocenters.